The molecular weight excluding hydrogens is 322 g/mol. The molecule has 1 aliphatic heterocycles. The Morgan fingerprint density at radius 2 is 1.88 bits per heavy atom. The number of hydrogen-bond acceptors (Lipinski definition) is 6. The first-order valence-electron chi connectivity index (χ1n) is 7.96. The molecule has 2 aromatic rings. The van der Waals surface area contributed by atoms with Crippen LogP contribution in [0.15, 0.2) is 30.3 Å². The minimum Gasteiger partial charge on any atom is -0.508 e. The van der Waals surface area contributed by atoms with Crippen LogP contribution in [-0.2, 0) is 4.84 Å². The first-order chi connectivity index (χ1) is 12.0. The van der Waals surface area contributed by atoms with E-state index in [9.17, 15) is 10.2 Å². The van der Waals surface area contributed by atoms with Crippen LogP contribution in [0.25, 0.3) is 11.8 Å². The number of aromatic hydroxyl groups is 2. The minimum atomic E-state index is -0.0431. The Hall–Kier alpha value is -2.86. The van der Waals surface area contributed by atoms with Gasteiger partial charge in [0.2, 0.25) is 6.79 Å². The molecule has 0 atom stereocenters. The number of phenolic OH excluding ortho intramolecular Hbond substituents is 2. The first kappa shape index (κ1) is 17.0. The Kier molecular flexibility index (Phi) is 4.72. The standard InChI is InChI=1S/C19H21NO5/c1-11(2)13-8-14(17(22)9-16(13)21)15(20-23-3)6-12-4-5-18-19(7-12)25-10-24-18/h4-9,11,20-22H,10H2,1-3H3/b15-6+. The maximum atomic E-state index is 10.3. The van der Waals surface area contributed by atoms with Crippen LogP contribution < -0.4 is 15.0 Å². The number of hydroxylamine groups is 1. The van der Waals surface area contributed by atoms with Gasteiger partial charge in [-0.1, -0.05) is 19.9 Å². The topological polar surface area (TPSA) is 80.2 Å². The minimum absolute atomic E-state index is 0.0431. The zero-order valence-corrected chi connectivity index (χ0v) is 14.4. The molecule has 6 heteroatoms. The van der Waals surface area contributed by atoms with Crippen molar-refractivity contribution in [2.45, 2.75) is 19.8 Å². The van der Waals surface area contributed by atoms with Crippen molar-refractivity contribution in [3.8, 4) is 23.0 Å². The SMILES string of the molecule is CON/C(=C/c1ccc2c(c1)OCO2)c1cc(C(C)C)c(O)cc1O. The lowest BCUT2D eigenvalue weighted by Gasteiger charge is -2.15. The number of fused-ring (bicyclic) bond motifs is 1. The Morgan fingerprint density at radius 1 is 1.12 bits per heavy atom. The summed E-state index contributed by atoms with van der Waals surface area (Å²) in [6.45, 7) is 4.16. The van der Waals surface area contributed by atoms with Gasteiger partial charge in [0.05, 0.1) is 12.8 Å². The number of ether oxygens (including phenoxy) is 2. The Labute approximate surface area is 146 Å². The van der Waals surface area contributed by atoms with Crippen LogP contribution in [0.5, 0.6) is 23.0 Å². The van der Waals surface area contributed by atoms with Crippen molar-refractivity contribution >= 4 is 11.8 Å². The molecule has 6 nitrogen and oxygen atoms in total. The van der Waals surface area contributed by atoms with Crippen molar-refractivity contribution in [3.63, 3.8) is 0 Å². The summed E-state index contributed by atoms with van der Waals surface area (Å²) in [5.74, 6) is 1.50. The average Bonchev–Trinajstić information content (AvgIpc) is 3.02. The molecule has 0 bridgehead atoms. The lowest BCUT2D eigenvalue weighted by molar-refractivity contribution is 0.137. The van der Waals surface area contributed by atoms with Gasteiger partial charge in [-0.2, -0.15) is 0 Å². The highest BCUT2D eigenvalue weighted by Crippen LogP contribution is 2.37. The molecule has 0 aromatic heterocycles. The van der Waals surface area contributed by atoms with Crippen molar-refractivity contribution in [2.24, 2.45) is 0 Å². The van der Waals surface area contributed by atoms with E-state index in [-0.39, 0.29) is 24.2 Å². The molecule has 25 heavy (non-hydrogen) atoms. The van der Waals surface area contributed by atoms with Gasteiger partial charge < -0.3 is 19.7 Å². The molecule has 3 N–H and O–H groups in total. The molecule has 0 saturated carbocycles. The second kappa shape index (κ2) is 6.94. The fourth-order valence-electron chi connectivity index (χ4n) is 2.71. The summed E-state index contributed by atoms with van der Waals surface area (Å²) in [4.78, 5) is 5.06. The van der Waals surface area contributed by atoms with Crippen LogP contribution in [0, 0.1) is 0 Å². The van der Waals surface area contributed by atoms with Gasteiger partial charge in [0, 0.05) is 11.6 Å². The smallest absolute Gasteiger partial charge is 0.231 e. The second-order valence-electron chi connectivity index (χ2n) is 6.06. The summed E-state index contributed by atoms with van der Waals surface area (Å²) in [6.07, 6.45) is 1.82. The summed E-state index contributed by atoms with van der Waals surface area (Å²) in [6, 6.07) is 8.65. The summed E-state index contributed by atoms with van der Waals surface area (Å²) >= 11 is 0. The summed E-state index contributed by atoms with van der Waals surface area (Å²) in [5, 5.41) is 20.3. The summed E-state index contributed by atoms with van der Waals surface area (Å²) < 4.78 is 10.7. The zero-order chi connectivity index (χ0) is 18.0. The van der Waals surface area contributed by atoms with E-state index in [2.05, 4.69) is 5.48 Å². The van der Waals surface area contributed by atoms with E-state index in [1.54, 1.807) is 6.07 Å². The molecular formula is C19H21NO5. The number of benzene rings is 2. The lowest BCUT2D eigenvalue weighted by atomic mass is 9.97. The summed E-state index contributed by atoms with van der Waals surface area (Å²) in [7, 11) is 1.49. The van der Waals surface area contributed by atoms with Gasteiger partial charge in [-0.25, -0.2) is 0 Å². The molecule has 0 unspecified atom stereocenters. The van der Waals surface area contributed by atoms with Gasteiger partial charge in [-0.15, -0.1) is 0 Å². The van der Waals surface area contributed by atoms with Gasteiger partial charge >= 0.3 is 0 Å². The van der Waals surface area contributed by atoms with E-state index in [0.29, 0.717) is 22.8 Å². The van der Waals surface area contributed by atoms with Gasteiger partial charge in [0.1, 0.15) is 11.5 Å². The average molecular weight is 343 g/mol. The molecule has 0 saturated heterocycles. The molecule has 0 amide bonds. The van der Waals surface area contributed by atoms with Gasteiger partial charge in [-0.05, 0) is 41.3 Å². The molecule has 0 aliphatic carbocycles. The maximum absolute atomic E-state index is 10.3. The van der Waals surface area contributed by atoms with Crippen molar-refractivity contribution in [2.75, 3.05) is 13.9 Å². The molecule has 0 fully saturated rings. The van der Waals surface area contributed by atoms with Crippen LogP contribution in [0.3, 0.4) is 0 Å². The number of rotatable bonds is 5. The van der Waals surface area contributed by atoms with E-state index in [4.69, 9.17) is 14.3 Å². The molecule has 0 spiro atoms. The third-order valence-corrected chi connectivity index (χ3v) is 3.98. The van der Waals surface area contributed by atoms with Gasteiger partial charge in [0.25, 0.3) is 0 Å². The second-order valence-corrected chi connectivity index (χ2v) is 6.06. The molecule has 2 aromatic carbocycles. The normalized spacial score (nSPS) is 13.4. The van der Waals surface area contributed by atoms with Crippen LogP contribution in [0.4, 0.5) is 0 Å². The first-order valence-corrected chi connectivity index (χ1v) is 7.96. The molecule has 3 rings (SSSR count). The van der Waals surface area contributed by atoms with E-state index in [1.807, 2.05) is 38.1 Å². The fraction of sp³-hybridized carbons (Fsp3) is 0.263. The van der Waals surface area contributed by atoms with Crippen LogP contribution in [-0.4, -0.2) is 24.1 Å². The summed E-state index contributed by atoms with van der Waals surface area (Å²) in [5.41, 5.74) is 5.46. The highest BCUT2D eigenvalue weighted by molar-refractivity contribution is 5.83. The molecule has 1 aliphatic rings. The van der Waals surface area contributed by atoms with Crippen molar-refractivity contribution in [1.29, 1.82) is 0 Å². The van der Waals surface area contributed by atoms with E-state index < -0.39 is 0 Å². The van der Waals surface area contributed by atoms with E-state index in [0.717, 1.165) is 11.1 Å². The monoisotopic (exact) mass is 343 g/mol. The third-order valence-electron chi connectivity index (χ3n) is 3.98. The fourth-order valence-corrected chi connectivity index (χ4v) is 2.71. The van der Waals surface area contributed by atoms with Crippen molar-refractivity contribution in [3.05, 3.63) is 47.0 Å². The number of hydrogen-bond donors (Lipinski definition) is 3. The van der Waals surface area contributed by atoms with Gasteiger partial charge in [0.15, 0.2) is 11.5 Å². The predicted molar refractivity (Wildman–Crippen MR) is 94.4 cm³/mol. The Morgan fingerprint density at radius 3 is 2.60 bits per heavy atom. The largest absolute Gasteiger partial charge is 0.508 e. The highest BCUT2D eigenvalue weighted by atomic mass is 16.7. The van der Waals surface area contributed by atoms with E-state index >= 15 is 0 Å². The molecule has 1 heterocycles. The van der Waals surface area contributed by atoms with Crippen LogP contribution >= 0.6 is 0 Å². The third kappa shape index (κ3) is 3.49. The number of phenols is 2. The van der Waals surface area contributed by atoms with E-state index in [1.165, 1.54) is 13.2 Å². The van der Waals surface area contributed by atoms with Crippen molar-refractivity contribution in [1.82, 2.24) is 5.48 Å². The van der Waals surface area contributed by atoms with Crippen LogP contribution in [0.2, 0.25) is 0 Å². The lowest BCUT2D eigenvalue weighted by Crippen LogP contribution is -2.10. The number of nitrogens with one attached hydrogen (secondary N) is 1. The Balaban J connectivity index is 2.05. The predicted octanol–water partition coefficient (Wildman–Crippen LogP) is 3.60. The highest BCUT2D eigenvalue weighted by Gasteiger charge is 2.16. The molecule has 0 radical (unpaired) electrons. The zero-order valence-electron chi connectivity index (χ0n) is 14.4. The van der Waals surface area contributed by atoms with Gasteiger partial charge in [-0.3, -0.25) is 10.3 Å². The Bertz CT molecular complexity index is 814. The quantitative estimate of drug-likeness (QED) is 0.569. The molecule has 132 valence electrons. The van der Waals surface area contributed by atoms with Crippen LogP contribution in [0.1, 0.15) is 36.5 Å². The van der Waals surface area contributed by atoms with Crippen molar-refractivity contribution < 1.29 is 24.5 Å². The maximum Gasteiger partial charge on any atom is 0.231 e.